The average Bonchev–Trinajstić information content (AvgIpc) is 2.74. The molecule has 2 heterocycles. The molecule has 1 aliphatic heterocycles. The number of anilines is 1. The molecule has 0 spiro atoms. The molecule has 0 atom stereocenters. The number of aromatic nitrogens is 1. The fraction of sp³-hybridized carbons (Fsp3) is 0.500. The van der Waals surface area contributed by atoms with Gasteiger partial charge >= 0.3 is 6.18 Å². The first-order chi connectivity index (χ1) is 13.5. The van der Waals surface area contributed by atoms with Crippen molar-refractivity contribution in [3.8, 4) is 11.1 Å². The Morgan fingerprint density at radius 3 is 1.97 bits per heavy atom. The third kappa shape index (κ3) is 5.23. The van der Waals surface area contributed by atoms with E-state index in [-0.39, 0.29) is 12.4 Å². The van der Waals surface area contributed by atoms with Crippen molar-refractivity contribution >= 4 is 18.2 Å². The van der Waals surface area contributed by atoms with E-state index in [1.54, 1.807) is 6.20 Å². The molecular weight excluding hydrogens is 399 g/mol. The fourth-order valence-electron chi connectivity index (χ4n) is 4.36. The van der Waals surface area contributed by atoms with E-state index in [0.717, 1.165) is 61.3 Å². The van der Waals surface area contributed by atoms with Crippen molar-refractivity contribution in [3.63, 3.8) is 0 Å². The lowest BCUT2D eigenvalue weighted by Gasteiger charge is -2.41. The first-order valence-corrected chi connectivity index (χ1v) is 10.1. The zero-order chi connectivity index (χ0) is 19.6. The molecule has 0 amide bonds. The third-order valence-electron chi connectivity index (χ3n) is 6.02. The van der Waals surface area contributed by atoms with E-state index in [0.29, 0.717) is 0 Å². The normalized spacial score (nSPS) is 19.1. The van der Waals surface area contributed by atoms with Crippen molar-refractivity contribution in [2.24, 2.45) is 0 Å². The molecule has 2 aliphatic rings. The van der Waals surface area contributed by atoms with Gasteiger partial charge in [0.05, 0.1) is 5.56 Å². The fourth-order valence-corrected chi connectivity index (χ4v) is 4.36. The van der Waals surface area contributed by atoms with Crippen LogP contribution in [0.15, 0.2) is 42.6 Å². The van der Waals surface area contributed by atoms with Crippen LogP contribution >= 0.6 is 12.4 Å². The Morgan fingerprint density at radius 2 is 1.41 bits per heavy atom. The van der Waals surface area contributed by atoms with E-state index in [4.69, 9.17) is 0 Å². The van der Waals surface area contributed by atoms with Crippen LogP contribution in [0.2, 0.25) is 0 Å². The van der Waals surface area contributed by atoms with Crippen LogP contribution in [-0.2, 0) is 6.18 Å². The van der Waals surface area contributed by atoms with Crippen molar-refractivity contribution < 1.29 is 13.2 Å². The van der Waals surface area contributed by atoms with Gasteiger partial charge in [-0.3, -0.25) is 4.90 Å². The highest BCUT2D eigenvalue weighted by molar-refractivity contribution is 5.85. The quantitative estimate of drug-likeness (QED) is 0.634. The van der Waals surface area contributed by atoms with Crippen LogP contribution in [0.4, 0.5) is 19.0 Å². The summed E-state index contributed by atoms with van der Waals surface area (Å²) in [5.41, 5.74) is 0.948. The Morgan fingerprint density at radius 1 is 0.793 bits per heavy atom. The Labute approximate surface area is 176 Å². The van der Waals surface area contributed by atoms with Gasteiger partial charge in [-0.1, -0.05) is 31.4 Å². The summed E-state index contributed by atoms with van der Waals surface area (Å²) in [6.07, 6.45) is 4.22. The molecule has 29 heavy (non-hydrogen) atoms. The minimum Gasteiger partial charge on any atom is -0.354 e. The molecule has 0 radical (unpaired) electrons. The predicted molar refractivity (Wildman–Crippen MR) is 113 cm³/mol. The highest BCUT2D eigenvalue weighted by atomic mass is 35.5. The van der Waals surface area contributed by atoms with Crippen LogP contribution in [0.5, 0.6) is 0 Å². The lowest BCUT2D eigenvalue weighted by molar-refractivity contribution is -0.137. The summed E-state index contributed by atoms with van der Waals surface area (Å²) in [6, 6.07) is 9.92. The molecule has 2 fully saturated rings. The van der Waals surface area contributed by atoms with Crippen molar-refractivity contribution in [2.75, 3.05) is 31.1 Å². The Bertz CT molecular complexity index is 763. The monoisotopic (exact) mass is 425 g/mol. The molecule has 3 nitrogen and oxygen atoms in total. The number of alkyl halides is 3. The van der Waals surface area contributed by atoms with Gasteiger partial charge in [-0.15, -0.1) is 12.4 Å². The number of halogens is 4. The molecule has 1 aliphatic carbocycles. The molecule has 1 aromatic heterocycles. The van der Waals surface area contributed by atoms with E-state index in [1.165, 1.54) is 44.2 Å². The molecule has 0 N–H and O–H groups in total. The van der Waals surface area contributed by atoms with Gasteiger partial charge in [0.2, 0.25) is 0 Å². The summed E-state index contributed by atoms with van der Waals surface area (Å²) >= 11 is 0. The molecular formula is C22H27ClF3N3. The summed E-state index contributed by atoms with van der Waals surface area (Å²) in [6.45, 7) is 4.10. The lowest BCUT2D eigenvalue weighted by atomic mass is 9.94. The van der Waals surface area contributed by atoms with Gasteiger partial charge in [0, 0.05) is 44.0 Å². The van der Waals surface area contributed by atoms with Crippen LogP contribution in [0, 0.1) is 0 Å². The summed E-state index contributed by atoms with van der Waals surface area (Å²) < 4.78 is 38.1. The number of hydrogen-bond acceptors (Lipinski definition) is 3. The van der Waals surface area contributed by atoms with E-state index < -0.39 is 11.7 Å². The standard InChI is InChI=1S/C22H26F3N3.ClH/c23-22(24,25)19-9-6-17(7-10-19)18-8-11-21(26-16-18)28-14-12-27(13-15-28)20-4-2-1-3-5-20;/h6-11,16,20H,1-5,12-15H2;1H. The van der Waals surface area contributed by atoms with E-state index in [2.05, 4.69) is 14.8 Å². The molecule has 1 aromatic carbocycles. The predicted octanol–water partition coefficient (Wildman–Crippen LogP) is 5.64. The minimum atomic E-state index is -4.31. The van der Waals surface area contributed by atoms with E-state index in [9.17, 15) is 13.2 Å². The number of nitrogens with zero attached hydrogens (tertiary/aromatic N) is 3. The maximum atomic E-state index is 12.7. The molecule has 0 bridgehead atoms. The Hall–Kier alpha value is -1.79. The van der Waals surface area contributed by atoms with Crippen molar-refractivity contribution in [1.29, 1.82) is 0 Å². The smallest absolute Gasteiger partial charge is 0.354 e. The Kier molecular flexibility index (Phi) is 7.06. The third-order valence-corrected chi connectivity index (χ3v) is 6.02. The van der Waals surface area contributed by atoms with E-state index in [1.807, 2.05) is 12.1 Å². The average molecular weight is 426 g/mol. The SMILES string of the molecule is Cl.FC(F)(F)c1ccc(-c2ccc(N3CCN(C4CCCCC4)CC3)nc2)cc1. The van der Waals surface area contributed by atoms with Gasteiger partial charge in [0.15, 0.2) is 0 Å². The second-order valence-corrected chi connectivity index (χ2v) is 7.80. The highest BCUT2D eigenvalue weighted by Crippen LogP contribution is 2.31. The number of pyridine rings is 1. The van der Waals surface area contributed by atoms with Crippen LogP contribution in [-0.4, -0.2) is 42.1 Å². The topological polar surface area (TPSA) is 19.4 Å². The molecule has 158 valence electrons. The van der Waals surface area contributed by atoms with Gasteiger partial charge in [0.25, 0.3) is 0 Å². The number of rotatable bonds is 3. The molecule has 7 heteroatoms. The minimum absolute atomic E-state index is 0. The van der Waals surface area contributed by atoms with E-state index >= 15 is 0 Å². The first kappa shape index (κ1) is 21.9. The second-order valence-electron chi connectivity index (χ2n) is 7.80. The summed E-state index contributed by atoms with van der Waals surface area (Å²) in [5, 5.41) is 0. The maximum Gasteiger partial charge on any atom is 0.416 e. The summed E-state index contributed by atoms with van der Waals surface area (Å²) in [5.74, 6) is 0.943. The van der Waals surface area contributed by atoms with Crippen LogP contribution in [0.1, 0.15) is 37.7 Å². The number of hydrogen-bond donors (Lipinski definition) is 0. The largest absolute Gasteiger partial charge is 0.416 e. The number of piperazine rings is 1. The van der Waals surface area contributed by atoms with Crippen LogP contribution in [0.25, 0.3) is 11.1 Å². The molecule has 4 rings (SSSR count). The first-order valence-electron chi connectivity index (χ1n) is 10.1. The van der Waals surface area contributed by atoms with Gasteiger partial charge in [-0.2, -0.15) is 13.2 Å². The van der Waals surface area contributed by atoms with Gasteiger partial charge < -0.3 is 4.90 Å². The zero-order valence-electron chi connectivity index (χ0n) is 16.4. The van der Waals surface area contributed by atoms with Gasteiger partial charge in [-0.25, -0.2) is 4.98 Å². The Balaban J connectivity index is 0.00000240. The molecule has 1 saturated heterocycles. The van der Waals surface area contributed by atoms with Crippen LogP contribution in [0.3, 0.4) is 0 Å². The van der Waals surface area contributed by atoms with Crippen LogP contribution < -0.4 is 4.90 Å². The second kappa shape index (κ2) is 9.35. The highest BCUT2D eigenvalue weighted by Gasteiger charge is 2.30. The zero-order valence-corrected chi connectivity index (χ0v) is 17.2. The number of benzene rings is 1. The summed E-state index contributed by atoms with van der Waals surface area (Å²) in [7, 11) is 0. The van der Waals surface area contributed by atoms with Gasteiger partial charge in [0.1, 0.15) is 5.82 Å². The maximum absolute atomic E-state index is 12.7. The van der Waals surface area contributed by atoms with Crippen molar-refractivity contribution in [3.05, 3.63) is 48.2 Å². The molecule has 1 saturated carbocycles. The van der Waals surface area contributed by atoms with Crippen molar-refractivity contribution in [1.82, 2.24) is 9.88 Å². The molecule has 2 aromatic rings. The lowest BCUT2D eigenvalue weighted by Crippen LogP contribution is -2.51. The van der Waals surface area contributed by atoms with Crippen molar-refractivity contribution in [2.45, 2.75) is 44.3 Å². The summed E-state index contributed by atoms with van der Waals surface area (Å²) in [4.78, 5) is 9.51. The van der Waals surface area contributed by atoms with Gasteiger partial charge in [-0.05, 0) is 42.7 Å². The molecule has 0 unspecified atom stereocenters.